The lowest BCUT2D eigenvalue weighted by molar-refractivity contribution is -0.145. The lowest BCUT2D eigenvalue weighted by Crippen LogP contribution is -2.23. The number of methoxy groups -OCH3 is 1. The summed E-state index contributed by atoms with van der Waals surface area (Å²) in [6, 6.07) is 10.9. The zero-order valence-electron chi connectivity index (χ0n) is 16.0. The highest BCUT2D eigenvalue weighted by molar-refractivity contribution is 7.92. The number of benzene rings is 2. The average Bonchev–Trinajstić information content (AvgIpc) is 3.12. The zero-order valence-corrected chi connectivity index (χ0v) is 16.8. The average molecular weight is 419 g/mol. The third kappa shape index (κ3) is 4.68. The Hall–Kier alpha value is -3.07. The summed E-state index contributed by atoms with van der Waals surface area (Å²) in [6.07, 6.45) is 0.112. The first kappa shape index (κ1) is 20.7. The van der Waals surface area contributed by atoms with Gasteiger partial charge in [0.25, 0.3) is 10.0 Å². The maximum absolute atomic E-state index is 12.9. The van der Waals surface area contributed by atoms with Crippen LogP contribution in [0.2, 0.25) is 0 Å². The molecule has 29 heavy (non-hydrogen) atoms. The summed E-state index contributed by atoms with van der Waals surface area (Å²) < 4.78 is 43.3. The monoisotopic (exact) mass is 419 g/mol. The number of sulfonamides is 1. The Morgan fingerprint density at radius 3 is 2.52 bits per heavy atom. The molecule has 3 rings (SSSR count). The molecule has 0 saturated carbocycles. The van der Waals surface area contributed by atoms with Crippen LogP contribution in [-0.4, -0.2) is 40.2 Å². The van der Waals surface area contributed by atoms with Gasteiger partial charge in [0, 0.05) is 12.1 Å². The van der Waals surface area contributed by atoms with Gasteiger partial charge in [-0.3, -0.25) is 4.72 Å². The van der Waals surface area contributed by atoms with E-state index in [4.69, 9.17) is 14.2 Å². The second-order valence-electron chi connectivity index (χ2n) is 6.37. The van der Waals surface area contributed by atoms with Gasteiger partial charge in [0.15, 0.2) is 0 Å². The molecule has 0 bridgehead atoms. The summed E-state index contributed by atoms with van der Waals surface area (Å²) in [5, 5.41) is 0. The number of aryl methyl sites for hydroxylation is 1. The minimum atomic E-state index is -4.04. The Bertz CT molecular complexity index is 1020. The number of carbonyl (C=O) groups is 2. The molecule has 0 aromatic heterocycles. The number of anilines is 1. The quantitative estimate of drug-likeness (QED) is 0.687. The summed E-state index contributed by atoms with van der Waals surface area (Å²) in [5.74, 6) is -1.36. The minimum absolute atomic E-state index is 0.0211. The summed E-state index contributed by atoms with van der Waals surface area (Å²) in [6.45, 7) is 2.18. The van der Waals surface area contributed by atoms with Crippen LogP contribution in [0, 0.1) is 0 Å². The second-order valence-corrected chi connectivity index (χ2v) is 8.02. The van der Waals surface area contributed by atoms with Gasteiger partial charge in [0.2, 0.25) is 6.10 Å². The van der Waals surface area contributed by atoms with E-state index >= 15 is 0 Å². The van der Waals surface area contributed by atoms with Crippen molar-refractivity contribution in [2.45, 2.75) is 30.8 Å². The summed E-state index contributed by atoms with van der Waals surface area (Å²) in [7, 11) is -2.71. The molecule has 1 saturated heterocycles. The van der Waals surface area contributed by atoms with Gasteiger partial charge in [0.05, 0.1) is 19.3 Å². The molecule has 0 amide bonds. The number of rotatable bonds is 7. The molecule has 0 aliphatic carbocycles. The van der Waals surface area contributed by atoms with Gasteiger partial charge >= 0.3 is 11.9 Å². The number of hydrogen-bond donors (Lipinski definition) is 1. The smallest absolute Gasteiger partial charge is 0.347 e. The van der Waals surface area contributed by atoms with Crippen molar-refractivity contribution < 1.29 is 32.2 Å². The van der Waals surface area contributed by atoms with Crippen molar-refractivity contribution in [3.05, 3.63) is 53.6 Å². The van der Waals surface area contributed by atoms with Crippen LogP contribution in [0.1, 0.15) is 29.3 Å². The SMILES string of the molecule is CCc1ccc(NS(=O)(=O)c2cc(C(=O)O[C@H]3CCOC3=O)ccc2OC)cc1. The van der Waals surface area contributed by atoms with Crippen molar-refractivity contribution >= 4 is 27.6 Å². The van der Waals surface area contributed by atoms with Gasteiger partial charge in [-0.15, -0.1) is 0 Å². The molecule has 0 radical (unpaired) electrons. The Kier molecular flexibility index (Phi) is 6.07. The summed E-state index contributed by atoms with van der Waals surface area (Å²) >= 11 is 0. The van der Waals surface area contributed by atoms with Gasteiger partial charge in [-0.25, -0.2) is 18.0 Å². The Labute approximate surface area is 168 Å². The van der Waals surface area contributed by atoms with Gasteiger partial charge in [-0.05, 0) is 42.3 Å². The number of esters is 2. The number of nitrogens with one attached hydrogen (secondary N) is 1. The second kappa shape index (κ2) is 8.52. The van der Waals surface area contributed by atoms with Crippen molar-refractivity contribution in [2.24, 2.45) is 0 Å². The fourth-order valence-electron chi connectivity index (χ4n) is 2.81. The molecule has 1 aliphatic rings. The fraction of sp³-hybridized carbons (Fsp3) is 0.300. The lowest BCUT2D eigenvalue weighted by atomic mass is 10.2. The van der Waals surface area contributed by atoms with Crippen LogP contribution in [0.25, 0.3) is 0 Å². The van der Waals surface area contributed by atoms with Crippen LogP contribution in [0.5, 0.6) is 5.75 Å². The van der Waals surface area contributed by atoms with Gasteiger partial charge in [0.1, 0.15) is 10.6 Å². The topological polar surface area (TPSA) is 108 Å². The molecule has 1 atom stereocenters. The maximum Gasteiger partial charge on any atom is 0.347 e. The van der Waals surface area contributed by atoms with Crippen LogP contribution in [0.3, 0.4) is 0 Å². The minimum Gasteiger partial charge on any atom is -0.495 e. The van der Waals surface area contributed by atoms with Crippen LogP contribution < -0.4 is 9.46 Å². The molecule has 1 fully saturated rings. The lowest BCUT2D eigenvalue weighted by Gasteiger charge is -2.14. The first-order valence-corrected chi connectivity index (χ1v) is 10.5. The largest absolute Gasteiger partial charge is 0.495 e. The van der Waals surface area contributed by atoms with E-state index in [2.05, 4.69) is 4.72 Å². The van der Waals surface area contributed by atoms with E-state index in [0.29, 0.717) is 5.69 Å². The molecular weight excluding hydrogens is 398 g/mol. The highest BCUT2D eigenvalue weighted by atomic mass is 32.2. The normalized spacial score (nSPS) is 16.2. The predicted molar refractivity (Wildman–Crippen MR) is 104 cm³/mol. The Morgan fingerprint density at radius 2 is 1.93 bits per heavy atom. The number of cyclic esters (lactones) is 1. The van der Waals surface area contributed by atoms with Gasteiger partial charge < -0.3 is 14.2 Å². The molecule has 8 nitrogen and oxygen atoms in total. The molecule has 0 spiro atoms. The highest BCUT2D eigenvalue weighted by Crippen LogP contribution is 2.28. The number of hydrogen-bond acceptors (Lipinski definition) is 7. The maximum atomic E-state index is 12.9. The van der Waals surface area contributed by atoms with Crippen molar-refractivity contribution in [1.82, 2.24) is 0 Å². The van der Waals surface area contributed by atoms with Gasteiger partial charge in [-0.1, -0.05) is 19.1 Å². The zero-order chi connectivity index (χ0) is 21.0. The summed E-state index contributed by atoms with van der Waals surface area (Å²) in [5.41, 5.74) is 1.43. The fourth-order valence-corrected chi connectivity index (χ4v) is 4.07. The van der Waals surface area contributed by atoms with Crippen LogP contribution in [-0.2, 0) is 30.7 Å². The van der Waals surface area contributed by atoms with Crippen molar-refractivity contribution in [3.63, 3.8) is 0 Å². The number of ether oxygens (including phenoxy) is 3. The molecular formula is C20H21NO7S. The van der Waals surface area contributed by atoms with Crippen molar-refractivity contribution in [1.29, 1.82) is 0 Å². The van der Waals surface area contributed by atoms with Gasteiger partial charge in [-0.2, -0.15) is 0 Å². The predicted octanol–water partition coefficient (Wildman–Crippen LogP) is 2.53. The molecule has 1 heterocycles. The van der Waals surface area contributed by atoms with Crippen LogP contribution in [0.15, 0.2) is 47.4 Å². The molecule has 1 aliphatic heterocycles. The molecule has 9 heteroatoms. The first-order valence-electron chi connectivity index (χ1n) is 9.01. The van der Waals surface area contributed by atoms with Crippen molar-refractivity contribution in [2.75, 3.05) is 18.4 Å². The van der Waals surface area contributed by atoms with Crippen LogP contribution >= 0.6 is 0 Å². The van der Waals surface area contributed by atoms with E-state index < -0.39 is 28.1 Å². The molecule has 0 unspecified atom stereocenters. The molecule has 154 valence electrons. The highest BCUT2D eigenvalue weighted by Gasteiger charge is 2.31. The Morgan fingerprint density at radius 1 is 1.21 bits per heavy atom. The summed E-state index contributed by atoms with van der Waals surface area (Å²) in [4.78, 5) is 23.6. The first-order chi connectivity index (χ1) is 13.8. The van der Waals surface area contributed by atoms with Crippen molar-refractivity contribution in [3.8, 4) is 5.75 Å². The van der Waals surface area contributed by atoms with E-state index in [1.54, 1.807) is 12.1 Å². The third-order valence-electron chi connectivity index (χ3n) is 4.44. The third-order valence-corrected chi connectivity index (χ3v) is 5.84. The molecule has 2 aromatic rings. The van der Waals surface area contributed by atoms with E-state index in [1.165, 1.54) is 19.2 Å². The Balaban J connectivity index is 1.86. The van der Waals surface area contributed by atoms with E-state index in [0.717, 1.165) is 18.1 Å². The van der Waals surface area contributed by atoms with E-state index in [-0.39, 0.29) is 29.2 Å². The number of carbonyl (C=O) groups excluding carboxylic acids is 2. The van der Waals surface area contributed by atoms with E-state index in [1.807, 2.05) is 19.1 Å². The van der Waals surface area contributed by atoms with Crippen LogP contribution in [0.4, 0.5) is 5.69 Å². The molecule has 2 aromatic carbocycles. The van der Waals surface area contributed by atoms with E-state index in [9.17, 15) is 18.0 Å². The molecule has 1 N–H and O–H groups in total. The standard InChI is InChI=1S/C20H21NO7S/c1-3-13-4-7-15(8-5-13)21-29(24,25)18-12-14(6-9-16(18)26-2)19(22)28-17-10-11-27-20(17)23/h4-9,12,17,21H,3,10-11H2,1-2H3/t17-/m0/s1.